The SMILES string of the molecule is CCOC1=C(/C(=C/c2ccccc2)C2=CCCCC2)C=CC12N(C)c1ccccc1C2(C)C. The third kappa shape index (κ3) is 3.30. The van der Waals surface area contributed by atoms with E-state index in [1.165, 1.54) is 46.4 Å². The number of ether oxygens (including phenoxy) is 1. The normalized spacial score (nSPS) is 23.8. The molecule has 0 bridgehead atoms. The smallest absolute Gasteiger partial charge is 0.134 e. The van der Waals surface area contributed by atoms with Gasteiger partial charge in [-0.05, 0) is 73.1 Å². The van der Waals surface area contributed by atoms with Crippen LogP contribution in [0, 0.1) is 0 Å². The number of allylic oxidation sites excluding steroid dienone is 5. The van der Waals surface area contributed by atoms with E-state index in [9.17, 15) is 0 Å². The van der Waals surface area contributed by atoms with E-state index >= 15 is 0 Å². The molecule has 1 aliphatic heterocycles. The van der Waals surface area contributed by atoms with Crippen LogP contribution in [-0.2, 0) is 10.2 Å². The molecule has 2 heteroatoms. The quantitative estimate of drug-likeness (QED) is 0.477. The van der Waals surface area contributed by atoms with Crippen molar-refractivity contribution in [3.8, 4) is 0 Å². The van der Waals surface area contributed by atoms with Crippen molar-refractivity contribution in [2.75, 3.05) is 18.6 Å². The molecule has 3 aliphatic rings. The molecule has 170 valence electrons. The van der Waals surface area contributed by atoms with E-state index in [-0.39, 0.29) is 11.0 Å². The summed E-state index contributed by atoms with van der Waals surface area (Å²) in [5.74, 6) is 1.09. The van der Waals surface area contributed by atoms with Crippen molar-refractivity contribution in [3.05, 3.63) is 106 Å². The number of nitrogens with zero attached hydrogens (tertiary/aromatic N) is 1. The summed E-state index contributed by atoms with van der Waals surface area (Å²) in [5.41, 5.74) is 7.44. The van der Waals surface area contributed by atoms with E-state index in [1.807, 2.05) is 0 Å². The van der Waals surface area contributed by atoms with E-state index in [1.54, 1.807) is 0 Å². The van der Waals surface area contributed by atoms with Gasteiger partial charge in [0.15, 0.2) is 0 Å². The summed E-state index contributed by atoms with van der Waals surface area (Å²) in [4.78, 5) is 2.44. The topological polar surface area (TPSA) is 12.5 Å². The number of hydrogen-bond donors (Lipinski definition) is 0. The molecule has 0 aromatic heterocycles. The summed E-state index contributed by atoms with van der Waals surface area (Å²) < 4.78 is 6.61. The Bertz CT molecular complexity index is 1160. The standard InChI is InChI=1S/C31H35NO/c1-5-33-29-25(26(24-16-10-7-11-17-24)22-23-14-8-6-9-15-23)20-21-31(29)30(2,3)27-18-12-13-19-28(27)32(31)4/h6,8-9,12-16,18-22H,5,7,10-11,17H2,1-4H3/b26-22+. The molecule has 2 nitrogen and oxygen atoms in total. The lowest BCUT2D eigenvalue weighted by Gasteiger charge is -2.44. The monoisotopic (exact) mass is 437 g/mol. The molecule has 33 heavy (non-hydrogen) atoms. The van der Waals surface area contributed by atoms with Gasteiger partial charge < -0.3 is 9.64 Å². The first-order valence-electron chi connectivity index (χ1n) is 12.4. The van der Waals surface area contributed by atoms with Crippen LogP contribution in [0.1, 0.15) is 57.6 Å². The van der Waals surface area contributed by atoms with Crippen molar-refractivity contribution in [3.63, 3.8) is 0 Å². The number of anilines is 1. The minimum absolute atomic E-state index is 0.125. The predicted octanol–water partition coefficient (Wildman–Crippen LogP) is 7.60. The number of likely N-dealkylation sites (N-methyl/N-ethyl adjacent to an activating group) is 1. The number of fused-ring (bicyclic) bond motifs is 1. The molecule has 1 spiro atoms. The van der Waals surface area contributed by atoms with Gasteiger partial charge in [0.2, 0.25) is 0 Å². The van der Waals surface area contributed by atoms with E-state index in [0.29, 0.717) is 6.61 Å². The number of para-hydroxylation sites is 1. The zero-order valence-corrected chi connectivity index (χ0v) is 20.4. The van der Waals surface area contributed by atoms with Crippen LogP contribution in [0.3, 0.4) is 0 Å². The van der Waals surface area contributed by atoms with Gasteiger partial charge >= 0.3 is 0 Å². The highest BCUT2D eigenvalue weighted by Gasteiger charge is 2.59. The van der Waals surface area contributed by atoms with Crippen molar-refractivity contribution in [2.45, 2.75) is 57.4 Å². The molecule has 0 amide bonds. The number of rotatable bonds is 5. The Hall–Kier alpha value is -3.00. The third-order valence-electron chi connectivity index (χ3n) is 7.83. The maximum Gasteiger partial charge on any atom is 0.134 e. The fourth-order valence-corrected chi connectivity index (χ4v) is 6.11. The van der Waals surface area contributed by atoms with Gasteiger partial charge in [-0.1, -0.05) is 74.5 Å². The van der Waals surface area contributed by atoms with Crippen LogP contribution >= 0.6 is 0 Å². The predicted molar refractivity (Wildman–Crippen MR) is 139 cm³/mol. The van der Waals surface area contributed by atoms with Crippen LogP contribution in [-0.4, -0.2) is 19.2 Å². The average Bonchev–Trinajstić information content (AvgIpc) is 3.30. The lowest BCUT2D eigenvalue weighted by atomic mass is 9.69. The van der Waals surface area contributed by atoms with Crippen molar-refractivity contribution in [1.29, 1.82) is 0 Å². The largest absolute Gasteiger partial charge is 0.495 e. The second kappa shape index (κ2) is 8.41. The van der Waals surface area contributed by atoms with Crippen molar-refractivity contribution < 1.29 is 4.74 Å². The molecule has 2 aromatic rings. The highest BCUT2D eigenvalue weighted by atomic mass is 16.5. The van der Waals surface area contributed by atoms with Crippen molar-refractivity contribution >= 4 is 11.8 Å². The van der Waals surface area contributed by atoms with Gasteiger partial charge in [-0.2, -0.15) is 0 Å². The van der Waals surface area contributed by atoms with Crippen LogP contribution in [0.2, 0.25) is 0 Å². The van der Waals surface area contributed by atoms with E-state index in [0.717, 1.165) is 18.6 Å². The first-order chi connectivity index (χ1) is 16.0. The molecule has 0 fully saturated rings. The maximum atomic E-state index is 6.61. The highest BCUT2D eigenvalue weighted by Crippen LogP contribution is 2.58. The van der Waals surface area contributed by atoms with Crippen LogP contribution in [0.5, 0.6) is 0 Å². The Balaban J connectivity index is 1.73. The van der Waals surface area contributed by atoms with Crippen molar-refractivity contribution in [2.24, 2.45) is 0 Å². The van der Waals surface area contributed by atoms with Crippen molar-refractivity contribution in [1.82, 2.24) is 0 Å². The molecule has 1 atom stereocenters. The second-order valence-corrected chi connectivity index (χ2v) is 9.92. The Morgan fingerprint density at radius 1 is 1.03 bits per heavy atom. The molecule has 5 rings (SSSR count). The molecule has 1 heterocycles. The Morgan fingerprint density at radius 3 is 2.48 bits per heavy atom. The maximum absolute atomic E-state index is 6.61. The molecular formula is C31H35NO. The summed E-state index contributed by atoms with van der Waals surface area (Å²) in [5, 5.41) is 0. The molecule has 0 N–H and O–H groups in total. The van der Waals surface area contributed by atoms with Gasteiger partial charge in [-0.25, -0.2) is 0 Å². The Labute approximate surface area is 199 Å². The van der Waals surface area contributed by atoms with Crippen LogP contribution in [0.25, 0.3) is 6.08 Å². The van der Waals surface area contributed by atoms with Crippen LogP contribution < -0.4 is 4.90 Å². The van der Waals surface area contributed by atoms with Gasteiger partial charge in [-0.3, -0.25) is 0 Å². The molecule has 1 unspecified atom stereocenters. The molecular weight excluding hydrogens is 402 g/mol. The van der Waals surface area contributed by atoms with Gasteiger partial charge in [-0.15, -0.1) is 0 Å². The fourth-order valence-electron chi connectivity index (χ4n) is 6.11. The first-order valence-corrected chi connectivity index (χ1v) is 12.4. The average molecular weight is 438 g/mol. The molecule has 0 saturated heterocycles. The first kappa shape index (κ1) is 21.8. The molecule has 2 aliphatic carbocycles. The lowest BCUT2D eigenvalue weighted by Crippen LogP contribution is -2.54. The summed E-state index contributed by atoms with van der Waals surface area (Å²) >= 11 is 0. The lowest BCUT2D eigenvalue weighted by molar-refractivity contribution is 0.165. The van der Waals surface area contributed by atoms with Crippen LogP contribution in [0.15, 0.2) is 95.3 Å². The Morgan fingerprint density at radius 2 is 1.79 bits per heavy atom. The minimum atomic E-state index is -0.340. The molecule has 0 saturated carbocycles. The second-order valence-electron chi connectivity index (χ2n) is 9.92. The third-order valence-corrected chi connectivity index (χ3v) is 7.83. The zero-order chi connectivity index (χ0) is 23.1. The van der Waals surface area contributed by atoms with Crippen LogP contribution in [0.4, 0.5) is 5.69 Å². The summed E-state index contributed by atoms with van der Waals surface area (Å²) in [6.07, 6.45) is 14.4. The Kier molecular flexibility index (Phi) is 5.56. The van der Waals surface area contributed by atoms with E-state index < -0.39 is 0 Å². The van der Waals surface area contributed by atoms with E-state index in [2.05, 4.69) is 112 Å². The number of benzene rings is 2. The molecule has 2 aromatic carbocycles. The molecule has 0 radical (unpaired) electrons. The van der Waals surface area contributed by atoms with Gasteiger partial charge in [0.05, 0.1) is 6.61 Å². The van der Waals surface area contributed by atoms with Gasteiger partial charge in [0, 0.05) is 23.7 Å². The summed E-state index contributed by atoms with van der Waals surface area (Å²) in [7, 11) is 2.22. The minimum Gasteiger partial charge on any atom is -0.495 e. The van der Waals surface area contributed by atoms with Gasteiger partial charge in [0.25, 0.3) is 0 Å². The van der Waals surface area contributed by atoms with Gasteiger partial charge in [0.1, 0.15) is 11.3 Å². The zero-order valence-electron chi connectivity index (χ0n) is 20.4. The fraction of sp³-hybridized carbons (Fsp3) is 0.355. The number of hydrogen-bond acceptors (Lipinski definition) is 2. The summed E-state index contributed by atoms with van der Waals surface area (Å²) in [6.45, 7) is 7.48. The van der Waals surface area contributed by atoms with E-state index in [4.69, 9.17) is 4.74 Å². The highest BCUT2D eigenvalue weighted by molar-refractivity contribution is 5.77. The summed E-state index contributed by atoms with van der Waals surface area (Å²) in [6, 6.07) is 19.5.